The number of carbonyl (C=O) groups excluding carboxylic acids is 1. The molecule has 0 bridgehead atoms. The van der Waals surface area contributed by atoms with Crippen LogP contribution in [0.15, 0.2) is 18.2 Å². The topological polar surface area (TPSA) is 29.5 Å². The molecule has 2 saturated carbocycles. The van der Waals surface area contributed by atoms with Gasteiger partial charge >= 0.3 is 0 Å². The van der Waals surface area contributed by atoms with Crippen LogP contribution in [-0.4, -0.2) is 36.9 Å². The minimum absolute atomic E-state index is 0.0217. The molecule has 4 rings (SSSR count). The molecule has 1 aromatic rings. The molecule has 3 heteroatoms. The molecule has 3 nitrogen and oxygen atoms in total. The van der Waals surface area contributed by atoms with E-state index in [1.54, 1.807) is 5.56 Å². The van der Waals surface area contributed by atoms with E-state index >= 15 is 0 Å². The van der Waals surface area contributed by atoms with Crippen molar-refractivity contribution < 1.29 is 9.53 Å². The third-order valence-electron chi connectivity index (χ3n) is 7.98. The fraction of sp³-hybridized carbons (Fsp3) is 0.708. The van der Waals surface area contributed by atoms with Crippen LogP contribution in [0.3, 0.4) is 0 Å². The van der Waals surface area contributed by atoms with Gasteiger partial charge in [0.05, 0.1) is 0 Å². The van der Waals surface area contributed by atoms with Crippen molar-refractivity contribution in [1.29, 1.82) is 0 Å². The Morgan fingerprint density at radius 1 is 1.15 bits per heavy atom. The van der Waals surface area contributed by atoms with Gasteiger partial charge in [-0.25, -0.2) is 0 Å². The number of rotatable bonds is 6. The summed E-state index contributed by atoms with van der Waals surface area (Å²) in [4.78, 5) is 14.9. The van der Waals surface area contributed by atoms with E-state index in [1.807, 2.05) is 0 Å². The Morgan fingerprint density at radius 3 is 2.74 bits per heavy atom. The summed E-state index contributed by atoms with van der Waals surface area (Å²) in [6.45, 7) is 10.6. The Bertz CT molecular complexity index is 696. The summed E-state index contributed by atoms with van der Waals surface area (Å²) >= 11 is 0. The Hall–Kier alpha value is -1.35. The van der Waals surface area contributed by atoms with Crippen LogP contribution in [0, 0.1) is 17.3 Å². The third-order valence-corrected chi connectivity index (χ3v) is 7.98. The monoisotopic (exact) mass is 369 g/mol. The summed E-state index contributed by atoms with van der Waals surface area (Å²) in [5.74, 6) is 3.53. The van der Waals surface area contributed by atoms with Crippen molar-refractivity contribution in [3.63, 3.8) is 0 Å². The Morgan fingerprint density at radius 2 is 1.96 bits per heavy atom. The first-order chi connectivity index (χ1) is 13.1. The molecule has 0 N–H and O–H groups in total. The maximum Gasteiger partial charge on any atom is 0.139 e. The lowest BCUT2D eigenvalue weighted by Crippen LogP contribution is -2.42. The van der Waals surface area contributed by atoms with Crippen molar-refractivity contribution in [1.82, 2.24) is 4.90 Å². The molecule has 148 valence electrons. The van der Waals surface area contributed by atoms with Crippen LogP contribution >= 0.6 is 0 Å². The smallest absolute Gasteiger partial charge is 0.139 e. The molecule has 4 atom stereocenters. The molecule has 3 aliphatic carbocycles. The Labute approximate surface area is 164 Å². The van der Waals surface area contributed by atoms with E-state index in [0.29, 0.717) is 23.5 Å². The van der Waals surface area contributed by atoms with Gasteiger partial charge in [-0.05, 0) is 86.2 Å². The lowest BCUT2D eigenvalue weighted by Gasteiger charge is -2.48. The average Bonchev–Trinajstić information content (AvgIpc) is 3.00. The van der Waals surface area contributed by atoms with E-state index in [-0.39, 0.29) is 5.41 Å². The number of benzene rings is 1. The maximum atomic E-state index is 12.5. The van der Waals surface area contributed by atoms with Gasteiger partial charge in [0, 0.05) is 18.4 Å². The van der Waals surface area contributed by atoms with Crippen molar-refractivity contribution in [3.05, 3.63) is 29.3 Å². The standard InChI is InChI=1S/C24H35NO2/c1-4-25(5-2)14-15-27-18-7-9-19-17(16-18)6-8-21-20(19)12-13-24(3)22(21)10-11-23(24)26/h7,9,16,20-22H,4-6,8,10-15H2,1-3H3/t20-,21-,22+,24+/m0/s1. The molecule has 0 spiro atoms. The van der Waals surface area contributed by atoms with E-state index in [2.05, 4.69) is 43.9 Å². The van der Waals surface area contributed by atoms with E-state index < -0.39 is 0 Å². The van der Waals surface area contributed by atoms with Gasteiger partial charge in [0.1, 0.15) is 18.1 Å². The number of ketones is 1. The second-order valence-electron chi connectivity index (χ2n) is 9.07. The zero-order chi connectivity index (χ0) is 19.0. The highest BCUT2D eigenvalue weighted by Crippen LogP contribution is 2.59. The first-order valence-corrected chi connectivity index (χ1v) is 11.1. The molecule has 0 heterocycles. The largest absolute Gasteiger partial charge is 0.492 e. The highest BCUT2D eigenvalue weighted by molar-refractivity contribution is 5.87. The zero-order valence-electron chi connectivity index (χ0n) is 17.3. The second kappa shape index (κ2) is 7.58. The number of hydrogen-bond donors (Lipinski definition) is 0. The van der Waals surface area contributed by atoms with Crippen LogP contribution < -0.4 is 4.74 Å². The van der Waals surface area contributed by atoms with Crippen molar-refractivity contribution in [2.75, 3.05) is 26.2 Å². The molecule has 0 amide bonds. The van der Waals surface area contributed by atoms with Crippen molar-refractivity contribution in [2.45, 2.75) is 65.2 Å². The number of likely N-dealkylation sites (N-methyl/N-ethyl adjacent to an activating group) is 1. The molecule has 3 aliphatic rings. The van der Waals surface area contributed by atoms with Crippen LogP contribution in [0.4, 0.5) is 0 Å². The van der Waals surface area contributed by atoms with Crippen LogP contribution in [-0.2, 0) is 11.2 Å². The van der Waals surface area contributed by atoms with Gasteiger partial charge in [0.15, 0.2) is 0 Å². The highest BCUT2D eigenvalue weighted by atomic mass is 16.5. The summed E-state index contributed by atoms with van der Waals surface area (Å²) in [7, 11) is 0. The Kier molecular flexibility index (Phi) is 5.33. The quantitative estimate of drug-likeness (QED) is 0.719. The van der Waals surface area contributed by atoms with Gasteiger partial charge < -0.3 is 9.64 Å². The van der Waals surface area contributed by atoms with E-state index in [4.69, 9.17) is 4.74 Å². The lowest BCUT2D eigenvalue weighted by atomic mass is 9.55. The molecule has 0 aliphatic heterocycles. The van der Waals surface area contributed by atoms with Crippen molar-refractivity contribution >= 4 is 5.78 Å². The van der Waals surface area contributed by atoms with Gasteiger partial charge in [-0.1, -0.05) is 26.8 Å². The first kappa shape index (κ1) is 19.0. The number of fused-ring (bicyclic) bond motifs is 5. The molecule has 1 aromatic carbocycles. The SMILES string of the molecule is CCN(CC)CCOc1ccc2c(c1)CC[C@@H]1[C@H]3CCC(=O)[C@]3(C)CC[C@@H]21. The molecule has 0 aromatic heterocycles. The van der Waals surface area contributed by atoms with E-state index in [0.717, 1.165) is 57.7 Å². The van der Waals surface area contributed by atoms with Gasteiger partial charge in [0.2, 0.25) is 0 Å². The first-order valence-electron chi connectivity index (χ1n) is 11.1. The maximum absolute atomic E-state index is 12.5. The second-order valence-corrected chi connectivity index (χ2v) is 9.07. The minimum atomic E-state index is -0.0217. The minimum Gasteiger partial charge on any atom is -0.492 e. The number of Topliss-reactive ketones (excluding diaryl/α,β-unsaturated/α-hetero) is 1. The average molecular weight is 370 g/mol. The molecule has 0 unspecified atom stereocenters. The van der Waals surface area contributed by atoms with E-state index in [9.17, 15) is 4.79 Å². The molecule has 2 fully saturated rings. The zero-order valence-corrected chi connectivity index (χ0v) is 17.3. The number of ether oxygens (including phenoxy) is 1. The molecule has 0 saturated heterocycles. The lowest BCUT2D eigenvalue weighted by molar-refractivity contribution is -0.129. The van der Waals surface area contributed by atoms with Gasteiger partial charge in [-0.15, -0.1) is 0 Å². The van der Waals surface area contributed by atoms with E-state index in [1.165, 1.54) is 18.4 Å². The molecule has 27 heavy (non-hydrogen) atoms. The molecular formula is C24H35NO2. The van der Waals surface area contributed by atoms with Crippen LogP contribution in [0.25, 0.3) is 0 Å². The predicted octanol–water partition coefficient (Wildman–Crippen LogP) is 4.83. The number of nitrogens with zero attached hydrogens (tertiary/aromatic N) is 1. The molecule has 0 radical (unpaired) electrons. The van der Waals surface area contributed by atoms with Crippen molar-refractivity contribution in [3.8, 4) is 5.75 Å². The fourth-order valence-corrected chi connectivity index (χ4v) is 6.25. The number of carbonyl (C=O) groups is 1. The normalized spacial score (nSPS) is 32.1. The summed E-state index contributed by atoms with van der Waals surface area (Å²) in [6.07, 6.45) is 6.59. The van der Waals surface area contributed by atoms with Gasteiger partial charge in [-0.2, -0.15) is 0 Å². The number of aryl methyl sites for hydroxylation is 1. The summed E-state index contributed by atoms with van der Waals surface area (Å²) < 4.78 is 6.06. The number of hydrogen-bond acceptors (Lipinski definition) is 3. The summed E-state index contributed by atoms with van der Waals surface area (Å²) in [5, 5.41) is 0. The highest BCUT2D eigenvalue weighted by Gasteiger charge is 2.54. The van der Waals surface area contributed by atoms with Gasteiger partial charge in [-0.3, -0.25) is 4.79 Å². The van der Waals surface area contributed by atoms with Gasteiger partial charge in [0.25, 0.3) is 0 Å². The predicted molar refractivity (Wildman–Crippen MR) is 109 cm³/mol. The molecular weight excluding hydrogens is 334 g/mol. The third kappa shape index (κ3) is 3.33. The Balaban J connectivity index is 1.45. The van der Waals surface area contributed by atoms with Crippen LogP contribution in [0.5, 0.6) is 5.75 Å². The summed E-state index contributed by atoms with van der Waals surface area (Å²) in [6, 6.07) is 6.80. The fourth-order valence-electron chi connectivity index (χ4n) is 6.25. The summed E-state index contributed by atoms with van der Waals surface area (Å²) in [5.41, 5.74) is 3.01. The van der Waals surface area contributed by atoms with Crippen LogP contribution in [0.1, 0.15) is 69.9 Å². The van der Waals surface area contributed by atoms with Crippen LogP contribution in [0.2, 0.25) is 0 Å². The van der Waals surface area contributed by atoms with Crippen molar-refractivity contribution in [2.24, 2.45) is 17.3 Å².